The Balaban J connectivity index is 2.11. The third-order valence-electron chi connectivity index (χ3n) is 2.62. The average molecular weight is 305 g/mol. The van der Waals surface area contributed by atoms with Gasteiger partial charge in [0.05, 0.1) is 11.5 Å². The zero-order valence-corrected chi connectivity index (χ0v) is 11.3. The summed E-state index contributed by atoms with van der Waals surface area (Å²) in [5.41, 5.74) is 1.01. The molecule has 16 heavy (non-hydrogen) atoms. The van der Waals surface area contributed by atoms with Crippen LogP contribution in [0, 0.1) is 6.92 Å². The van der Waals surface area contributed by atoms with Crippen LogP contribution in [-0.4, -0.2) is 30.9 Å². The first-order valence-electron chi connectivity index (χ1n) is 5.05. The second-order valence-electron chi connectivity index (χ2n) is 4.06. The minimum atomic E-state index is -2.84. The molecule has 1 aromatic rings. The van der Waals surface area contributed by atoms with Gasteiger partial charge in [-0.1, -0.05) is 0 Å². The number of anilines is 1. The van der Waals surface area contributed by atoms with Gasteiger partial charge >= 0.3 is 0 Å². The van der Waals surface area contributed by atoms with E-state index >= 15 is 0 Å². The number of sulfone groups is 1. The zero-order valence-electron chi connectivity index (χ0n) is 8.90. The molecule has 1 fully saturated rings. The predicted molar refractivity (Wildman–Crippen MR) is 67.4 cm³/mol. The van der Waals surface area contributed by atoms with E-state index < -0.39 is 9.84 Å². The molecule has 0 radical (unpaired) electrons. The molecule has 2 rings (SSSR count). The molecule has 1 aliphatic rings. The fraction of sp³-hybridized carbons (Fsp3) is 0.500. The highest BCUT2D eigenvalue weighted by Crippen LogP contribution is 2.20. The third-order valence-corrected chi connectivity index (χ3v) is 4.82. The number of pyridine rings is 1. The molecule has 2 heterocycles. The predicted octanol–water partition coefficient (Wildman–Crippen LogP) is 1.75. The standard InChI is InChI=1S/C10H13BrN2O2S/c1-7-4-8(11)5-12-10(7)13-9-2-3-16(14,15)6-9/h4-5,9H,2-3,6H2,1H3,(H,12,13). The van der Waals surface area contributed by atoms with Crippen molar-refractivity contribution in [1.82, 2.24) is 4.98 Å². The molecule has 1 aliphatic heterocycles. The number of hydrogen-bond donors (Lipinski definition) is 1. The number of aromatic nitrogens is 1. The first-order chi connectivity index (χ1) is 7.46. The van der Waals surface area contributed by atoms with Gasteiger partial charge in [-0.15, -0.1) is 0 Å². The van der Waals surface area contributed by atoms with Crippen LogP contribution < -0.4 is 5.32 Å². The molecular formula is C10H13BrN2O2S. The van der Waals surface area contributed by atoms with Gasteiger partial charge in [-0.2, -0.15) is 0 Å². The SMILES string of the molecule is Cc1cc(Br)cnc1NC1CCS(=O)(=O)C1. The fourth-order valence-electron chi connectivity index (χ4n) is 1.79. The summed E-state index contributed by atoms with van der Waals surface area (Å²) in [7, 11) is -2.84. The molecule has 0 aromatic carbocycles. The van der Waals surface area contributed by atoms with Crippen molar-refractivity contribution in [3.63, 3.8) is 0 Å². The van der Waals surface area contributed by atoms with E-state index in [9.17, 15) is 8.42 Å². The second kappa shape index (κ2) is 4.33. The van der Waals surface area contributed by atoms with E-state index in [2.05, 4.69) is 26.2 Å². The minimum Gasteiger partial charge on any atom is -0.366 e. The van der Waals surface area contributed by atoms with E-state index in [0.717, 1.165) is 15.9 Å². The molecule has 1 N–H and O–H groups in total. The zero-order chi connectivity index (χ0) is 11.8. The molecule has 1 saturated heterocycles. The Morgan fingerprint density at radius 1 is 1.56 bits per heavy atom. The van der Waals surface area contributed by atoms with Crippen LogP contribution in [0.4, 0.5) is 5.82 Å². The van der Waals surface area contributed by atoms with Crippen LogP contribution in [0.2, 0.25) is 0 Å². The Bertz CT molecular complexity index is 502. The average Bonchev–Trinajstić information content (AvgIpc) is 2.51. The lowest BCUT2D eigenvalue weighted by atomic mass is 10.2. The first kappa shape index (κ1) is 11.9. The van der Waals surface area contributed by atoms with Crippen LogP contribution in [0.5, 0.6) is 0 Å². The van der Waals surface area contributed by atoms with Gasteiger partial charge in [0.2, 0.25) is 0 Å². The van der Waals surface area contributed by atoms with Crippen molar-refractivity contribution < 1.29 is 8.42 Å². The van der Waals surface area contributed by atoms with Gasteiger partial charge in [0.15, 0.2) is 9.84 Å². The molecule has 4 nitrogen and oxygen atoms in total. The minimum absolute atomic E-state index is 0.00243. The van der Waals surface area contributed by atoms with E-state index in [4.69, 9.17) is 0 Å². The Morgan fingerprint density at radius 2 is 2.31 bits per heavy atom. The van der Waals surface area contributed by atoms with Crippen molar-refractivity contribution in [3.8, 4) is 0 Å². The summed E-state index contributed by atoms with van der Waals surface area (Å²) in [5.74, 6) is 1.26. The monoisotopic (exact) mass is 304 g/mol. The highest BCUT2D eigenvalue weighted by Gasteiger charge is 2.28. The molecule has 1 aromatic heterocycles. The summed E-state index contributed by atoms with van der Waals surface area (Å²) in [6, 6.07) is 1.95. The van der Waals surface area contributed by atoms with Gasteiger partial charge in [0.25, 0.3) is 0 Å². The van der Waals surface area contributed by atoms with Gasteiger partial charge in [-0.05, 0) is 40.9 Å². The van der Waals surface area contributed by atoms with Gasteiger partial charge < -0.3 is 5.32 Å². The lowest BCUT2D eigenvalue weighted by Crippen LogP contribution is -2.21. The lowest BCUT2D eigenvalue weighted by Gasteiger charge is -2.13. The highest BCUT2D eigenvalue weighted by atomic mass is 79.9. The Hall–Kier alpha value is -0.620. The molecule has 0 amide bonds. The van der Waals surface area contributed by atoms with Gasteiger partial charge in [0, 0.05) is 16.7 Å². The van der Waals surface area contributed by atoms with Crippen molar-refractivity contribution in [3.05, 3.63) is 22.3 Å². The Labute approximate surface area is 104 Å². The van der Waals surface area contributed by atoms with Crippen LogP contribution >= 0.6 is 15.9 Å². The lowest BCUT2D eigenvalue weighted by molar-refractivity contribution is 0.602. The number of aryl methyl sites for hydroxylation is 1. The van der Waals surface area contributed by atoms with Gasteiger partial charge in [0.1, 0.15) is 5.82 Å². The number of nitrogens with one attached hydrogen (secondary N) is 1. The Kier molecular flexibility index (Phi) is 3.21. The van der Waals surface area contributed by atoms with Crippen molar-refractivity contribution in [2.75, 3.05) is 16.8 Å². The number of halogens is 1. The topological polar surface area (TPSA) is 59.1 Å². The number of rotatable bonds is 2. The third kappa shape index (κ3) is 2.74. The summed E-state index contributed by atoms with van der Waals surface area (Å²) >= 11 is 3.34. The van der Waals surface area contributed by atoms with E-state index in [1.54, 1.807) is 6.20 Å². The quantitative estimate of drug-likeness (QED) is 0.904. The second-order valence-corrected chi connectivity index (χ2v) is 7.21. The number of nitrogens with zero attached hydrogens (tertiary/aromatic N) is 1. The van der Waals surface area contributed by atoms with Crippen LogP contribution in [0.1, 0.15) is 12.0 Å². The molecule has 0 saturated carbocycles. The maximum absolute atomic E-state index is 11.3. The molecule has 1 atom stereocenters. The summed E-state index contributed by atoms with van der Waals surface area (Å²) in [6.45, 7) is 1.95. The summed E-state index contributed by atoms with van der Waals surface area (Å²) in [6.07, 6.45) is 2.37. The van der Waals surface area contributed by atoms with Crippen molar-refractivity contribution >= 4 is 31.6 Å². The van der Waals surface area contributed by atoms with E-state index in [1.165, 1.54) is 0 Å². The molecular weight excluding hydrogens is 292 g/mol. The van der Waals surface area contributed by atoms with Crippen molar-refractivity contribution in [2.45, 2.75) is 19.4 Å². The van der Waals surface area contributed by atoms with Crippen molar-refractivity contribution in [1.29, 1.82) is 0 Å². The first-order valence-corrected chi connectivity index (χ1v) is 7.67. The van der Waals surface area contributed by atoms with Crippen LogP contribution in [0.15, 0.2) is 16.7 Å². The number of hydrogen-bond acceptors (Lipinski definition) is 4. The summed E-state index contributed by atoms with van der Waals surface area (Å²) in [4.78, 5) is 4.24. The van der Waals surface area contributed by atoms with E-state index in [0.29, 0.717) is 6.42 Å². The maximum atomic E-state index is 11.3. The highest BCUT2D eigenvalue weighted by molar-refractivity contribution is 9.10. The fourth-order valence-corrected chi connectivity index (χ4v) is 3.91. The van der Waals surface area contributed by atoms with Crippen molar-refractivity contribution in [2.24, 2.45) is 0 Å². The van der Waals surface area contributed by atoms with Crippen LogP contribution in [0.25, 0.3) is 0 Å². The van der Waals surface area contributed by atoms with Crippen LogP contribution in [-0.2, 0) is 9.84 Å². The van der Waals surface area contributed by atoms with Crippen LogP contribution in [0.3, 0.4) is 0 Å². The van der Waals surface area contributed by atoms with Gasteiger partial charge in [-0.25, -0.2) is 13.4 Å². The smallest absolute Gasteiger partial charge is 0.152 e. The van der Waals surface area contributed by atoms with Gasteiger partial charge in [-0.3, -0.25) is 0 Å². The Morgan fingerprint density at radius 3 is 2.88 bits per heavy atom. The largest absolute Gasteiger partial charge is 0.366 e. The molecule has 88 valence electrons. The molecule has 0 aliphatic carbocycles. The van der Waals surface area contributed by atoms with E-state index in [-0.39, 0.29) is 17.5 Å². The summed E-state index contributed by atoms with van der Waals surface area (Å²) in [5, 5.41) is 3.18. The van der Waals surface area contributed by atoms with E-state index in [1.807, 2.05) is 13.0 Å². The molecule has 0 spiro atoms. The maximum Gasteiger partial charge on any atom is 0.152 e. The summed E-state index contributed by atoms with van der Waals surface area (Å²) < 4.78 is 23.5. The molecule has 6 heteroatoms. The molecule has 1 unspecified atom stereocenters. The molecule has 0 bridgehead atoms. The normalized spacial score (nSPS) is 23.2.